The molecule has 17 heteroatoms. The van der Waals surface area contributed by atoms with Crippen LogP contribution in [-0.4, -0.2) is 68.8 Å². The first-order valence-corrected chi connectivity index (χ1v) is 14.3. The van der Waals surface area contributed by atoms with Gasteiger partial charge < -0.3 is 28.8 Å². The minimum absolute atomic E-state index is 0.0139. The van der Waals surface area contributed by atoms with Gasteiger partial charge in [-0.3, -0.25) is 0 Å². The maximum absolute atomic E-state index is 13.8. The van der Waals surface area contributed by atoms with Crippen molar-refractivity contribution in [3.05, 3.63) is 94.8 Å². The first kappa shape index (κ1) is 39.6. The number of aliphatic hydroxyl groups is 1. The fourth-order valence-electron chi connectivity index (χ4n) is 4.18. The van der Waals surface area contributed by atoms with Gasteiger partial charge in [-0.15, -0.1) is 0 Å². The number of aliphatic hydroxyl groups excluding tert-OH is 1. The molecule has 0 unspecified atom stereocenters. The zero-order valence-corrected chi connectivity index (χ0v) is 26.6. The molecule has 0 aliphatic rings. The van der Waals surface area contributed by atoms with Crippen molar-refractivity contribution in [1.29, 1.82) is 0 Å². The minimum atomic E-state index is -4.67. The van der Waals surface area contributed by atoms with E-state index in [2.05, 4.69) is 14.7 Å². The molecule has 0 spiro atoms. The largest absolute Gasteiger partial charge is 0.475 e. The van der Waals surface area contributed by atoms with Crippen molar-refractivity contribution < 1.29 is 68.7 Å². The Hall–Kier alpha value is -4.87. The molecule has 1 N–H and O–H groups in total. The van der Waals surface area contributed by atoms with Crippen LogP contribution in [0.25, 0.3) is 22.3 Å². The van der Waals surface area contributed by atoms with Crippen LogP contribution in [0.15, 0.2) is 60.7 Å². The summed E-state index contributed by atoms with van der Waals surface area (Å²) >= 11 is 0. The number of carbonyl (C=O) groups is 1. The molecule has 2 aromatic heterocycles. The van der Waals surface area contributed by atoms with Crippen molar-refractivity contribution in [2.75, 3.05) is 47.8 Å². The molecule has 0 radical (unpaired) electrons. The van der Waals surface area contributed by atoms with E-state index in [-0.39, 0.29) is 71.6 Å². The third kappa shape index (κ3) is 11.1. The molecular weight excluding hydrogens is 688 g/mol. The average Bonchev–Trinajstić information content (AvgIpc) is 3.07. The Kier molecular flexibility index (Phi) is 14.0. The topological polar surface area (TPSA) is 109 Å². The number of halogens is 8. The Bertz CT molecular complexity index is 1750. The van der Waals surface area contributed by atoms with Crippen LogP contribution < -0.4 is 9.47 Å². The zero-order chi connectivity index (χ0) is 37.1. The van der Waals surface area contributed by atoms with Gasteiger partial charge in [-0.05, 0) is 77.4 Å². The number of rotatable bonds is 12. The quantitative estimate of drug-likeness (QED) is 0.0929. The Morgan fingerprint density at radius 3 is 1.54 bits per heavy atom. The molecule has 9 nitrogen and oxygen atoms in total. The van der Waals surface area contributed by atoms with Crippen LogP contribution in [0.2, 0.25) is 0 Å². The average molecular weight is 719 g/mol. The number of aromatic nitrogens is 2. The highest BCUT2D eigenvalue weighted by atomic mass is 19.4. The van der Waals surface area contributed by atoms with Gasteiger partial charge >= 0.3 is 18.3 Å². The predicted octanol–water partition coefficient (Wildman–Crippen LogP) is 7.14. The number of nitrogens with zero attached hydrogens (tertiary/aromatic N) is 2. The first-order valence-electron chi connectivity index (χ1n) is 14.3. The lowest BCUT2D eigenvalue weighted by atomic mass is 10.0. The van der Waals surface area contributed by atoms with Crippen molar-refractivity contribution in [1.82, 2.24) is 9.97 Å². The summed E-state index contributed by atoms with van der Waals surface area (Å²) in [6.07, 6.45) is -9.30. The van der Waals surface area contributed by atoms with Gasteiger partial charge in [0.1, 0.15) is 36.2 Å². The van der Waals surface area contributed by atoms with Crippen LogP contribution in [0.1, 0.15) is 27.3 Å². The van der Waals surface area contributed by atoms with E-state index in [1.54, 1.807) is 0 Å². The Labute approximate surface area is 280 Å². The summed E-state index contributed by atoms with van der Waals surface area (Å²) in [6.45, 7) is -0.202. The molecular formula is C33H30F8N2O7. The Morgan fingerprint density at radius 2 is 1.12 bits per heavy atom. The van der Waals surface area contributed by atoms with Crippen molar-refractivity contribution in [3.8, 4) is 34.0 Å². The molecule has 0 saturated carbocycles. The fourth-order valence-corrected chi connectivity index (χ4v) is 4.18. The van der Waals surface area contributed by atoms with E-state index < -0.39 is 48.0 Å². The number of esters is 1. The van der Waals surface area contributed by atoms with E-state index in [9.17, 15) is 39.9 Å². The van der Waals surface area contributed by atoms with Gasteiger partial charge in [0.2, 0.25) is 11.8 Å². The smallest absolute Gasteiger partial charge is 0.433 e. The number of hydrogen-bond donors (Lipinski definition) is 1. The van der Waals surface area contributed by atoms with Gasteiger partial charge in [0, 0.05) is 25.3 Å². The lowest BCUT2D eigenvalue weighted by Gasteiger charge is -2.14. The molecule has 0 aliphatic carbocycles. The monoisotopic (exact) mass is 718 g/mol. The standard InChI is InChI=1S/C17H15F4NO4.C16H15F4NO3/c1-24-5-6-26-15-13(3-4-14(22-15)17(19,20)21)10-7-11(16(23)25-2)9-12(18)8-10;1-23-4-5-24-15-13(2-3-14(21-15)16(18,19)20)11-6-10(9-22)7-12(17)8-11/h3-4,7-9H,5-6H2,1-2H3;2-3,6-8,22H,4-5,9H2,1H3. The van der Waals surface area contributed by atoms with Crippen molar-refractivity contribution >= 4 is 5.97 Å². The molecule has 2 aromatic carbocycles. The van der Waals surface area contributed by atoms with E-state index in [1.165, 1.54) is 26.4 Å². The maximum Gasteiger partial charge on any atom is 0.433 e. The summed E-state index contributed by atoms with van der Waals surface area (Å²) in [4.78, 5) is 18.6. The van der Waals surface area contributed by atoms with Crippen LogP contribution in [0.3, 0.4) is 0 Å². The second-order valence-corrected chi connectivity index (χ2v) is 10.0. The molecule has 0 atom stereocenters. The predicted molar refractivity (Wildman–Crippen MR) is 161 cm³/mol. The Morgan fingerprint density at radius 1 is 0.660 bits per heavy atom. The number of hydrogen-bond acceptors (Lipinski definition) is 9. The highest BCUT2D eigenvalue weighted by Crippen LogP contribution is 2.36. The molecule has 0 fully saturated rings. The second kappa shape index (κ2) is 17.7. The van der Waals surface area contributed by atoms with Crippen LogP contribution in [0.4, 0.5) is 35.1 Å². The summed E-state index contributed by atoms with van der Waals surface area (Å²) in [5, 5.41) is 9.15. The van der Waals surface area contributed by atoms with E-state index >= 15 is 0 Å². The number of alkyl halides is 6. The summed E-state index contributed by atoms with van der Waals surface area (Å²) < 4.78 is 129. The highest BCUT2D eigenvalue weighted by molar-refractivity contribution is 5.91. The molecule has 2 heterocycles. The van der Waals surface area contributed by atoms with Gasteiger partial charge in [0.15, 0.2) is 0 Å². The molecule has 0 amide bonds. The normalized spacial score (nSPS) is 11.4. The third-order valence-electron chi connectivity index (χ3n) is 6.43. The van der Waals surface area contributed by atoms with Crippen LogP contribution in [0.5, 0.6) is 11.8 Å². The number of methoxy groups -OCH3 is 3. The van der Waals surface area contributed by atoms with Crippen LogP contribution in [-0.2, 0) is 33.2 Å². The SMILES string of the molecule is COCCOc1nc(C(F)(F)F)ccc1-c1cc(F)cc(C(=O)OC)c1.COCCOc1nc(C(F)(F)F)ccc1-c1cc(F)cc(CO)c1. The molecule has 0 bridgehead atoms. The van der Waals surface area contributed by atoms with E-state index in [1.807, 2.05) is 0 Å². The molecule has 4 aromatic rings. The number of carbonyl (C=O) groups excluding carboxylic acids is 1. The van der Waals surface area contributed by atoms with E-state index in [4.69, 9.17) is 24.1 Å². The summed E-state index contributed by atoms with van der Waals surface area (Å²) in [5.41, 5.74) is -1.41. The summed E-state index contributed by atoms with van der Waals surface area (Å²) in [7, 11) is 3.95. The maximum atomic E-state index is 13.8. The summed E-state index contributed by atoms with van der Waals surface area (Å²) in [5.74, 6) is -2.80. The number of ether oxygens (including phenoxy) is 5. The van der Waals surface area contributed by atoms with Crippen molar-refractivity contribution in [2.24, 2.45) is 0 Å². The van der Waals surface area contributed by atoms with Crippen molar-refractivity contribution in [3.63, 3.8) is 0 Å². The highest BCUT2D eigenvalue weighted by Gasteiger charge is 2.34. The molecule has 0 saturated heterocycles. The number of benzene rings is 2. The molecule has 4 rings (SSSR count). The fraction of sp³-hybridized carbons (Fsp3) is 0.303. The molecule has 50 heavy (non-hydrogen) atoms. The molecule has 270 valence electrons. The van der Waals surface area contributed by atoms with Gasteiger partial charge in [0.25, 0.3) is 0 Å². The minimum Gasteiger partial charge on any atom is -0.475 e. The van der Waals surface area contributed by atoms with Crippen LogP contribution in [0, 0.1) is 11.6 Å². The van der Waals surface area contributed by atoms with Gasteiger partial charge in [0.05, 0.1) is 32.5 Å². The second-order valence-electron chi connectivity index (χ2n) is 10.0. The van der Waals surface area contributed by atoms with Crippen LogP contribution >= 0.6 is 0 Å². The van der Waals surface area contributed by atoms with E-state index in [0.29, 0.717) is 0 Å². The zero-order valence-electron chi connectivity index (χ0n) is 26.6. The van der Waals surface area contributed by atoms with E-state index in [0.717, 1.165) is 55.6 Å². The third-order valence-corrected chi connectivity index (χ3v) is 6.43. The lowest BCUT2D eigenvalue weighted by molar-refractivity contribution is -0.142. The van der Waals surface area contributed by atoms with Crippen molar-refractivity contribution in [2.45, 2.75) is 19.0 Å². The molecule has 0 aliphatic heterocycles. The lowest BCUT2D eigenvalue weighted by Crippen LogP contribution is -2.12. The first-order chi connectivity index (χ1) is 23.6. The van der Waals surface area contributed by atoms with Gasteiger partial charge in [-0.2, -0.15) is 26.3 Å². The van der Waals surface area contributed by atoms with Gasteiger partial charge in [-0.1, -0.05) is 0 Å². The Balaban J connectivity index is 0.000000271. The summed E-state index contributed by atoms with van der Waals surface area (Å²) in [6, 6.07) is 10.8. The number of pyridine rings is 2. The van der Waals surface area contributed by atoms with Gasteiger partial charge in [-0.25, -0.2) is 23.5 Å².